The molecule has 5 heterocycles. The molecule has 0 unspecified atom stereocenters. The molecule has 2 saturated heterocycles. The third kappa shape index (κ3) is 6.18. The summed E-state index contributed by atoms with van der Waals surface area (Å²) in [7, 11) is 4.05. The summed E-state index contributed by atoms with van der Waals surface area (Å²) in [6.07, 6.45) is 7.51. The molecule has 6 rings (SSSR count). The monoisotopic (exact) mass is 571 g/mol. The largest absolute Gasteiger partial charge is 0.389 e. The topological polar surface area (TPSA) is 108 Å². The maximum absolute atomic E-state index is 13.4. The quantitative estimate of drug-likeness (QED) is 0.349. The number of aliphatic hydroxyl groups is 1. The Morgan fingerprint density at radius 3 is 2.50 bits per heavy atom. The van der Waals surface area contributed by atoms with E-state index in [0.29, 0.717) is 23.2 Å². The van der Waals surface area contributed by atoms with E-state index in [4.69, 9.17) is 4.98 Å². The fourth-order valence-electron chi connectivity index (χ4n) is 6.08. The van der Waals surface area contributed by atoms with Gasteiger partial charge in [-0.2, -0.15) is 5.10 Å². The molecule has 11 nitrogen and oxygen atoms in total. The number of piperidine rings is 1. The van der Waals surface area contributed by atoms with Gasteiger partial charge in [-0.15, -0.1) is 0 Å². The van der Waals surface area contributed by atoms with Crippen molar-refractivity contribution in [2.75, 3.05) is 56.5 Å². The van der Waals surface area contributed by atoms with Gasteiger partial charge in [-0.3, -0.25) is 24.7 Å². The van der Waals surface area contributed by atoms with Crippen LogP contribution in [0.5, 0.6) is 0 Å². The smallest absolute Gasteiger partial charge is 0.258 e. The zero-order chi connectivity index (χ0) is 29.4. The number of imidazole rings is 1. The van der Waals surface area contributed by atoms with Crippen molar-refractivity contribution < 1.29 is 9.90 Å². The molecule has 4 aromatic rings. The number of hydrogen-bond donors (Lipinski definition) is 2. The Kier molecular flexibility index (Phi) is 7.73. The SMILES string of the molecule is CN1CCN(C2CCN(c3ccc4nc(NC(=O)c5ccnc(-c6cnn(C)c6)c5)n(CC(C)(C)O)c4c3)CC2)CC1. The molecule has 0 saturated carbocycles. The van der Waals surface area contributed by atoms with E-state index >= 15 is 0 Å². The number of fused-ring (bicyclic) bond motifs is 1. The molecule has 2 N–H and O–H groups in total. The van der Waals surface area contributed by atoms with Gasteiger partial charge < -0.3 is 19.5 Å². The zero-order valence-corrected chi connectivity index (χ0v) is 25.0. The Labute approximate surface area is 246 Å². The van der Waals surface area contributed by atoms with Crippen molar-refractivity contribution >= 4 is 28.6 Å². The molecule has 1 amide bonds. The molecule has 222 valence electrons. The van der Waals surface area contributed by atoms with Crippen LogP contribution in [0.15, 0.2) is 48.9 Å². The number of carbonyl (C=O) groups is 1. The summed E-state index contributed by atoms with van der Waals surface area (Å²) >= 11 is 0. The van der Waals surface area contributed by atoms with Crippen molar-refractivity contribution in [1.82, 2.24) is 34.1 Å². The van der Waals surface area contributed by atoms with Gasteiger partial charge in [0.05, 0.1) is 35.1 Å². The highest BCUT2D eigenvalue weighted by Crippen LogP contribution is 2.30. The van der Waals surface area contributed by atoms with Crippen LogP contribution in [0.4, 0.5) is 11.6 Å². The maximum Gasteiger partial charge on any atom is 0.258 e. The summed E-state index contributed by atoms with van der Waals surface area (Å²) in [4.78, 5) is 30.1. The number of benzene rings is 1. The molecule has 2 fully saturated rings. The minimum Gasteiger partial charge on any atom is -0.389 e. The Hall–Kier alpha value is -3.80. The number of carbonyl (C=O) groups excluding carboxylic acids is 1. The normalized spacial score (nSPS) is 17.7. The predicted molar refractivity (Wildman–Crippen MR) is 165 cm³/mol. The van der Waals surface area contributed by atoms with Crippen LogP contribution in [-0.2, 0) is 13.6 Å². The minimum atomic E-state index is -1.01. The van der Waals surface area contributed by atoms with Gasteiger partial charge in [0.15, 0.2) is 0 Å². The number of likely N-dealkylation sites (N-methyl/N-ethyl adjacent to an activating group) is 1. The lowest BCUT2D eigenvalue weighted by atomic mass is 10.0. The number of aromatic nitrogens is 5. The van der Waals surface area contributed by atoms with Crippen LogP contribution >= 0.6 is 0 Å². The van der Waals surface area contributed by atoms with Gasteiger partial charge in [-0.25, -0.2) is 4.98 Å². The second-order valence-electron chi connectivity index (χ2n) is 12.4. The first kappa shape index (κ1) is 28.3. The van der Waals surface area contributed by atoms with Crippen LogP contribution in [0, 0.1) is 0 Å². The lowest BCUT2D eigenvalue weighted by Crippen LogP contribution is -2.52. The van der Waals surface area contributed by atoms with Crippen molar-refractivity contribution in [2.45, 2.75) is 44.9 Å². The van der Waals surface area contributed by atoms with E-state index in [1.165, 1.54) is 0 Å². The van der Waals surface area contributed by atoms with E-state index < -0.39 is 5.60 Å². The number of nitrogens with zero attached hydrogens (tertiary/aromatic N) is 8. The molecular weight excluding hydrogens is 530 g/mol. The first-order valence-electron chi connectivity index (χ1n) is 14.8. The number of hydrogen-bond acceptors (Lipinski definition) is 8. The third-order valence-electron chi connectivity index (χ3n) is 8.41. The molecule has 2 aliphatic rings. The van der Waals surface area contributed by atoms with Crippen molar-refractivity contribution in [3.63, 3.8) is 0 Å². The van der Waals surface area contributed by atoms with E-state index in [1.807, 2.05) is 23.9 Å². The van der Waals surface area contributed by atoms with Crippen molar-refractivity contribution in [3.8, 4) is 11.3 Å². The summed E-state index contributed by atoms with van der Waals surface area (Å²) in [5, 5.41) is 18.0. The van der Waals surface area contributed by atoms with Gasteiger partial charge in [-0.1, -0.05) is 0 Å². The molecule has 0 spiro atoms. The average Bonchev–Trinajstić information content (AvgIpc) is 3.55. The first-order valence-corrected chi connectivity index (χ1v) is 14.8. The fourth-order valence-corrected chi connectivity index (χ4v) is 6.08. The van der Waals surface area contributed by atoms with Crippen molar-refractivity contribution in [1.29, 1.82) is 0 Å². The van der Waals surface area contributed by atoms with Gasteiger partial charge in [0.1, 0.15) is 0 Å². The van der Waals surface area contributed by atoms with E-state index in [-0.39, 0.29) is 12.5 Å². The molecular formula is C31H41N9O2. The van der Waals surface area contributed by atoms with Crippen LogP contribution in [0.25, 0.3) is 22.3 Å². The van der Waals surface area contributed by atoms with Gasteiger partial charge in [0.25, 0.3) is 5.91 Å². The minimum absolute atomic E-state index is 0.283. The average molecular weight is 572 g/mol. The Balaban J connectivity index is 1.22. The second kappa shape index (κ2) is 11.5. The third-order valence-corrected chi connectivity index (χ3v) is 8.41. The molecule has 0 atom stereocenters. The number of rotatable bonds is 7. The number of amides is 1. The molecule has 1 aromatic carbocycles. The van der Waals surface area contributed by atoms with Crippen LogP contribution < -0.4 is 10.2 Å². The highest BCUT2D eigenvalue weighted by atomic mass is 16.3. The Morgan fingerprint density at radius 2 is 1.81 bits per heavy atom. The van der Waals surface area contributed by atoms with E-state index in [2.05, 4.69) is 49.3 Å². The highest BCUT2D eigenvalue weighted by molar-refractivity contribution is 6.04. The molecule has 0 aliphatic carbocycles. The number of aryl methyl sites for hydroxylation is 1. The van der Waals surface area contributed by atoms with Crippen LogP contribution in [-0.4, -0.2) is 103 Å². The van der Waals surface area contributed by atoms with Gasteiger partial charge in [0.2, 0.25) is 5.95 Å². The molecule has 0 bridgehead atoms. The Bertz CT molecular complexity index is 1550. The van der Waals surface area contributed by atoms with Crippen molar-refractivity contribution in [2.24, 2.45) is 7.05 Å². The molecule has 0 radical (unpaired) electrons. The van der Waals surface area contributed by atoms with Crippen LogP contribution in [0.3, 0.4) is 0 Å². The summed E-state index contributed by atoms with van der Waals surface area (Å²) in [5.74, 6) is 0.115. The molecule has 3 aromatic heterocycles. The van der Waals surface area contributed by atoms with Gasteiger partial charge in [-0.05, 0) is 64.1 Å². The molecule has 2 aliphatic heterocycles. The Morgan fingerprint density at radius 1 is 1.05 bits per heavy atom. The highest BCUT2D eigenvalue weighted by Gasteiger charge is 2.28. The predicted octanol–water partition coefficient (Wildman–Crippen LogP) is 3.07. The van der Waals surface area contributed by atoms with Crippen molar-refractivity contribution in [3.05, 3.63) is 54.5 Å². The lowest BCUT2D eigenvalue weighted by Gasteiger charge is -2.42. The number of nitrogens with one attached hydrogen (secondary N) is 1. The zero-order valence-electron chi connectivity index (χ0n) is 25.0. The first-order chi connectivity index (χ1) is 20.1. The number of pyridine rings is 1. The fraction of sp³-hybridized carbons (Fsp3) is 0.484. The summed E-state index contributed by atoms with van der Waals surface area (Å²) < 4.78 is 3.61. The number of anilines is 2. The van der Waals surface area contributed by atoms with E-state index in [0.717, 1.165) is 74.4 Å². The van der Waals surface area contributed by atoms with E-state index in [9.17, 15) is 9.90 Å². The summed E-state index contributed by atoms with van der Waals surface area (Å²) in [6, 6.07) is 10.4. The number of piperazine rings is 1. The maximum atomic E-state index is 13.4. The van der Waals surface area contributed by atoms with Crippen LogP contribution in [0.2, 0.25) is 0 Å². The van der Waals surface area contributed by atoms with E-state index in [1.54, 1.807) is 43.1 Å². The standard InChI is InChI=1S/C31H41N9O2/c1-31(2,42)21-40-28-18-25(38-11-8-24(9-12-38)39-15-13-36(3)14-16-39)5-6-26(28)34-30(40)35-29(41)22-7-10-32-27(17-22)23-19-33-37(4)20-23/h5-7,10,17-20,24,42H,8-9,11-16,21H2,1-4H3,(H,34,35,41). The van der Waals surface area contributed by atoms with Crippen LogP contribution in [0.1, 0.15) is 37.0 Å². The summed E-state index contributed by atoms with van der Waals surface area (Å²) in [6.45, 7) is 10.4. The summed E-state index contributed by atoms with van der Waals surface area (Å²) in [5.41, 5.74) is 3.77. The molecule has 11 heteroatoms. The lowest BCUT2D eigenvalue weighted by molar-refractivity contribution is 0.0630. The second-order valence-corrected chi connectivity index (χ2v) is 12.4. The van der Waals surface area contributed by atoms with Gasteiger partial charge >= 0.3 is 0 Å². The molecule has 42 heavy (non-hydrogen) atoms. The van der Waals surface area contributed by atoms with Gasteiger partial charge in [0, 0.05) is 81.6 Å².